The first-order valence-electron chi connectivity index (χ1n) is 12.5. The van der Waals surface area contributed by atoms with Gasteiger partial charge in [0, 0.05) is 17.2 Å². The topological polar surface area (TPSA) is 44.8 Å². The summed E-state index contributed by atoms with van der Waals surface area (Å²) in [7, 11) is 0. The second-order valence-corrected chi connectivity index (χ2v) is 8.22. The molecule has 180 valence electrons. The van der Waals surface area contributed by atoms with Crippen molar-refractivity contribution in [3.05, 3.63) is 59.2 Å². The Morgan fingerprint density at radius 3 is 1.88 bits per heavy atom. The number of carbonyl (C=O) groups excluding carboxylic acids is 1. The van der Waals surface area contributed by atoms with E-state index in [0.717, 1.165) is 56.3 Å². The monoisotopic (exact) mass is 452 g/mol. The smallest absolute Gasteiger partial charge is 0.186 e. The summed E-state index contributed by atoms with van der Waals surface area (Å²) in [6.45, 7) is 10.4. The predicted molar refractivity (Wildman–Crippen MR) is 137 cm³/mol. The van der Waals surface area contributed by atoms with Crippen molar-refractivity contribution < 1.29 is 19.0 Å². The van der Waals surface area contributed by atoms with Crippen LogP contribution in [0.5, 0.6) is 17.2 Å². The van der Waals surface area contributed by atoms with Gasteiger partial charge in [0.05, 0.1) is 19.8 Å². The molecular formula is C29H40O4. The van der Waals surface area contributed by atoms with Gasteiger partial charge >= 0.3 is 0 Å². The van der Waals surface area contributed by atoms with E-state index in [1.54, 1.807) is 18.2 Å². The van der Waals surface area contributed by atoms with Gasteiger partial charge in [0.1, 0.15) is 17.2 Å². The van der Waals surface area contributed by atoms with E-state index in [9.17, 15) is 4.79 Å². The molecule has 2 aromatic carbocycles. The van der Waals surface area contributed by atoms with Crippen molar-refractivity contribution in [1.82, 2.24) is 0 Å². The maximum Gasteiger partial charge on any atom is 0.186 e. The lowest BCUT2D eigenvalue weighted by Gasteiger charge is -2.12. The molecule has 0 spiro atoms. The normalized spacial score (nSPS) is 11.0. The van der Waals surface area contributed by atoms with Crippen LogP contribution in [0.15, 0.2) is 42.5 Å². The Morgan fingerprint density at radius 1 is 0.758 bits per heavy atom. The summed E-state index contributed by atoms with van der Waals surface area (Å²) in [4.78, 5) is 13.1. The number of ether oxygens (including phenoxy) is 3. The Hall–Kier alpha value is -2.75. The molecule has 0 amide bonds. The van der Waals surface area contributed by atoms with Crippen molar-refractivity contribution in [1.29, 1.82) is 0 Å². The minimum Gasteiger partial charge on any atom is -0.493 e. The van der Waals surface area contributed by atoms with Crippen LogP contribution in [0.2, 0.25) is 0 Å². The molecule has 0 heterocycles. The maximum atomic E-state index is 13.1. The Labute approximate surface area is 200 Å². The summed E-state index contributed by atoms with van der Waals surface area (Å²) >= 11 is 0. The molecule has 0 radical (unpaired) electrons. The first-order chi connectivity index (χ1) is 16.1. The average Bonchev–Trinajstić information content (AvgIpc) is 2.83. The highest BCUT2D eigenvalue weighted by atomic mass is 16.5. The molecule has 0 saturated heterocycles. The van der Waals surface area contributed by atoms with Crippen LogP contribution in [0.1, 0.15) is 87.7 Å². The number of hydrogen-bond acceptors (Lipinski definition) is 4. The zero-order chi connectivity index (χ0) is 23.9. The fourth-order valence-electron chi connectivity index (χ4n) is 3.22. The highest BCUT2D eigenvalue weighted by molar-refractivity contribution is 6.07. The number of aryl methyl sites for hydroxylation is 1. The lowest BCUT2D eigenvalue weighted by atomic mass is 10.0. The second kappa shape index (κ2) is 15.2. The zero-order valence-corrected chi connectivity index (χ0v) is 20.8. The maximum absolute atomic E-state index is 13.1. The Bertz CT molecular complexity index is 857. The molecule has 4 heteroatoms. The summed E-state index contributed by atoms with van der Waals surface area (Å²) in [6.07, 6.45) is 10.5. The van der Waals surface area contributed by atoms with Crippen LogP contribution in [-0.4, -0.2) is 25.6 Å². The van der Waals surface area contributed by atoms with Gasteiger partial charge in [-0.25, -0.2) is 0 Å². The molecule has 0 unspecified atom stereocenters. The van der Waals surface area contributed by atoms with Crippen molar-refractivity contribution in [3.8, 4) is 17.2 Å². The minimum atomic E-state index is -0.0855. The number of unbranched alkanes of at least 4 members (excludes halogenated alkanes) is 3. The van der Waals surface area contributed by atoms with Crippen molar-refractivity contribution in [3.63, 3.8) is 0 Å². The van der Waals surface area contributed by atoms with Crippen LogP contribution in [0.25, 0.3) is 6.08 Å². The van der Waals surface area contributed by atoms with Gasteiger partial charge in [-0.05, 0) is 67.7 Å². The van der Waals surface area contributed by atoms with Crippen LogP contribution in [0.4, 0.5) is 0 Å². The van der Waals surface area contributed by atoms with Crippen LogP contribution < -0.4 is 14.2 Å². The van der Waals surface area contributed by atoms with E-state index in [0.29, 0.717) is 36.9 Å². The van der Waals surface area contributed by atoms with Crippen LogP contribution in [0, 0.1) is 0 Å². The van der Waals surface area contributed by atoms with E-state index in [-0.39, 0.29) is 5.78 Å². The summed E-state index contributed by atoms with van der Waals surface area (Å²) < 4.78 is 17.7. The van der Waals surface area contributed by atoms with E-state index in [1.807, 2.05) is 18.2 Å². The van der Waals surface area contributed by atoms with Crippen molar-refractivity contribution >= 4 is 11.9 Å². The van der Waals surface area contributed by atoms with Gasteiger partial charge < -0.3 is 14.2 Å². The van der Waals surface area contributed by atoms with E-state index in [4.69, 9.17) is 14.2 Å². The molecule has 33 heavy (non-hydrogen) atoms. The van der Waals surface area contributed by atoms with Crippen LogP contribution in [-0.2, 0) is 6.42 Å². The molecule has 0 fully saturated rings. The molecule has 0 atom stereocenters. The highest BCUT2D eigenvalue weighted by Crippen LogP contribution is 2.26. The van der Waals surface area contributed by atoms with Crippen LogP contribution >= 0.6 is 0 Å². The third-order valence-electron chi connectivity index (χ3n) is 5.35. The van der Waals surface area contributed by atoms with Gasteiger partial charge in [0.15, 0.2) is 5.78 Å². The fourth-order valence-corrected chi connectivity index (χ4v) is 3.22. The van der Waals surface area contributed by atoms with E-state index >= 15 is 0 Å². The average molecular weight is 453 g/mol. The predicted octanol–water partition coefficient (Wildman–Crippen LogP) is 7.68. The number of allylic oxidation sites excluding steroid dienone is 1. The molecule has 4 nitrogen and oxygen atoms in total. The quantitative estimate of drug-likeness (QED) is 0.149. The van der Waals surface area contributed by atoms with Gasteiger partial charge in [-0.15, -0.1) is 0 Å². The molecular weight excluding hydrogens is 412 g/mol. The molecule has 0 N–H and O–H groups in total. The lowest BCUT2D eigenvalue weighted by Crippen LogP contribution is -2.03. The van der Waals surface area contributed by atoms with E-state index < -0.39 is 0 Å². The molecule has 2 rings (SSSR count). The largest absolute Gasteiger partial charge is 0.493 e. The molecule has 0 saturated carbocycles. The molecule has 2 aromatic rings. The third kappa shape index (κ3) is 9.33. The van der Waals surface area contributed by atoms with Gasteiger partial charge in [0.2, 0.25) is 0 Å². The summed E-state index contributed by atoms with van der Waals surface area (Å²) in [5.74, 6) is 2.07. The van der Waals surface area contributed by atoms with E-state index in [2.05, 4.69) is 39.8 Å². The number of hydrogen-bond donors (Lipinski definition) is 0. The third-order valence-corrected chi connectivity index (χ3v) is 5.35. The van der Waals surface area contributed by atoms with Crippen molar-refractivity contribution in [2.24, 2.45) is 0 Å². The molecule has 0 aliphatic carbocycles. The Morgan fingerprint density at radius 2 is 1.33 bits per heavy atom. The Balaban J connectivity index is 2.24. The molecule has 0 aliphatic heterocycles. The number of rotatable bonds is 16. The van der Waals surface area contributed by atoms with Crippen molar-refractivity contribution in [2.75, 3.05) is 19.8 Å². The SMILES string of the molecule is CCCCOc1cc(OCCCC)cc(C(=O)C=Cc2cc(CC)ccc2OCCCC)c1. The van der Waals surface area contributed by atoms with Gasteiger partial charge in [-0.2, -0.15) is 0 Å². The standard InChI is InChI=1S/C29H40O4/c1-5-9-16-31-26-20-25(21-27(22-26)32-17-10-6-2)28(30)14-13-24-19-23(8-4)12-15-29(24)33-18-11-7-3/h12-15,19-22H,5-11,16-18H2,1-4H3. The Kier molecular flexibility index (Phi) is 12.2. The number of ketones is 1. The first-order valence-corrected chi connectivity index (χ1v) is 12.5. The summed E-state index contributed by atoms with van der Waals surface area (Å²) in [5.41, 5.74) is 2.70. The second-order valence-electron chi connectivity index (χ2n) is 8.22. The van der Waals surface area contributed by atoms with Gasteiger partial charge in [-0.3, -0.25) is 4.79 Å². The number of carbonyl (C=O) groups is 1. The van der Waals surface area contributed by atoms with Gasteiger partial charge in [0.25, 0.3) is 0 Å². The molecule has 0 bridgehead atoms. The lowest BCUT2D eigenvalue weighted by molar-refractivity contribution is 0.104. The van der Waals surface area contributed by atoms with Crippen molar-refractivity contribution in [2.45, 2.75) is 72.6 Å². The molecule has 0 aliphatic rings. The fraction of sp³-hybridized carbons (Fsp3) is 0.483. The first kappa shape index (κ1) is 26.5. The van der Waals surface area contributed by atoms with E-state index in [1.165, 1.54) is 5.56 Å². The number of benzene rings is 2. The highest BCUT2D eigenvalue weighted by Gasteiger charge is 2.10. The van der Waals surface area contributed by atoms with Gasteiger partial charge in [-0.1, -0.05) is 53.0 Å². The summed E-state index contributed by atoms with van der Waals surface area (Å²) in [5, 5.41) is 0. The zero-order valence-electron chi connectivity index (χ0n) is 20.8. The molecule has 0 aromatic heterocycles. The minimum absolute atomic E-state index is 0.0855. The van der Waals surface area contributed by atoms with Crippen LogP contribution in [0.3, 0.4) is 0 Å². The summed E-state index contributed by atoms with van der Waals surface area (Å²) in [6, 6.07) is 11.6.